The van der Waals surface area contributed by atoms with Crippen LogP contribution in [0.5, 0.6) is 0 Å². The summed E-state index contributed by atoms with van der Waals surface area (Å²) >= 11 is 7.88. The van der Waals surface area contributed by atoms with Gasteiger partial charge in [0.25, 0.3) is 0 Å². The molecule has 0 aliphatic carbocycles. The van der Waals surface area contributed by atoms with Crippen LogP contribution in [-0.4, -0.2) is 33.8 Å². The summed E-state index contributed by atoms with van der Waals surface area (Å²) in [7, 11) is 0. The average molecular weight is 443 g/mol. The normalized spacial score (nSPS) is 21.2. The minimum atomic E-state index is -0.646. The van der Waals surface area contributed by atoms with Gasteiger partial charge in [-0.25, -0.2) is 4.98 Å². The van der Waals surface area contributed by atoms with Crippen LogP contribution in [0.15, 0.2) is 66.1 Å². The van der Waals surface area contributed by atoms with Crippen molar-refractivity contribution in [1.82, 2.24) is 9.55 Å². The molecule has 0 amide bonds. The number of nitrogens with zero attached hydrogens (tertiary/aromatic N) is 2. The lowest BCUT2D eigenvalue weighted by Gasteiger charge is -2.28. The van der Waals surface area contributed by atoms with Crippen molar-refractivity contribution in [3.05, 3.63) is 82.9 Å². The highest BCUT2D eigenvalue weighted by Crippen LogP contribution is 2.34. The number of imidazole rings is 1. The van der Waals surface area contributed by atoms with Crippen LogP contribution in [0.2, 0.25) is 5.02 Å². The molecule has 0 radical (unpaired) electrons. The van der Waals surface area contributed by atoms with Crippen molar-refractivity contribution < 1.29 is 9.47 Å². The van der Waals surface area contributed by atoms with Crippen molar-refractivity contribution in [3.63, 3.8) is 0 Å². The molecule has 158 valence electrons. The molecule has 3 aromatic rings. The Labute approximate surface area is 187 Å². The summed E-state index contributed by atoms with van der Waals surface area (Å²) in [6.45, 7) is 5.56. The number of rotatable bonds is 8. The number of hydrogen-bond acceptors (Lipinski definition) is 4. The monoisotopic (exact) mass is 442 g/mol. The van der Waals surface area contributed by atoms with Gasteiger partial charge in [-0.1, -0.05) is 41.9 Å². The highest BCUT2D eigenvalue weighted by atomic mass is 35.5. The molecule has 6 heteroatoms. The van der Waals surface area contributed by atoms with E-state index in [4.69, 9.17) is 21.1 Å². The summed E-state index contributed by atoms with van der Waals surface area (Å²) in [6, 6.07) is 14.4. The smallest absolute Gasteiger partial charge is 0.187 e. The Morgan fingerprint density at radius 3 is 2.63 bits per heavy atom. The number of hydrogen-bond donors (Lipinski definition) is 0. The molecule has 0 saturated carbocycles. The molecule has 1 aliphatic rings. The van der Waals surface area contributed by atoms with Crippen LogP contribution in [0.25, 0.3) is 0 Å². The highest BCUT2D eigenvalue weighted by molar-refractivity contribution is 7.99. The minimum Gasteiger partial charge on any atom is -0.345 e. The molecular formula is C24H27ClN2O2S. The second kappa shape index (κ2) is 9.56. The second-order valence-electron chi connectivity index (χ2n) is 7.85. The quantitative estimate of drug-likeness (QED) is 0.420. The molecule has 0 bridgehead atoms. The van der Waals surface area contributed by atoms with E-state index < -0.39 is 5.79 Å². The highest BCUT2D eigenvalue weighted by Gasteiger charge is 2.41. The Balaban J connectivity index is 1.43. The first-order valence-electron chi connectivity index (χ1n) is 10.2. The van der Waals surface area contributed by atoms with E-state index in [0.717, 1.165) is 23.6 Å². The molecule has 30 heavy (non-hydrogen) atoms. The summed E-state index contributed by atoms with van der Waals surface area (Å²) < 4.78 is 14.9. The largest absolute Gasteiger partial charge is 0.345 e. The van der Waals surface area contributed by atoms with Crippen molar-refractivity contribution in [1.29, 1.82) is 0 Å². The maximum atomic E-state index is 6.55. The van der Waals surface area contributed by atoms with Crippen LogP contribution in [0.4, 0.5) is 0 Å². The number of ether oxygens (including phenoxy) is 2. The van der Waals surface area contributed by atoms with Crippen LogP contribution >= 0.6 is 23.4 Å². The van der Waals surface area contributed by atoms with E-state index in [9.17, 15) is 0 Å². The van der Waals surface area contributed by atoms with Crippen LogP contribution < -0.4 is 0 Å². The Bertz CT molecular complexity index is 942. The Hall–Kier alpha value is -1.79. The van der Waals surface area contributed by atoms with Gasteiger partial charge in [0.2, 0.25) is 0 Å². The van der Waals surface area contributed by atoms with Gasteiger partial charge < -0.3 is 14.0 Å². The van der Waals surface area contributed by atoms with Gasteiger partial charge in [0.05, 0.1) is 25.6 Å². The molecular weight excluding hydrogens is 416 g/mol. The maximum Gasteiger partial charge on any atom is 0.187 e. The molecule has 2 heterocycles. The number of aryl methyl sites for hydroxylation is 3. The fraction of sp³-hybridized carbons (Fsp3) is 0.375. The fourth-order valence-electron chi connectivity index (χ4n) is 3.84. The Morgan fingerprint density at radius 2 is 1.93 bits per heavy atom. The third-order valence-electron chi connectivity index (χ3n) is 5.43. The van der Waals surface area contributed by atoms with Gasteiger partial charge in [-0.3, -0.25) is 0 Å². The molecule has 4 nitrogen and oxygen atoms in total. The van der Waals surface area contributed by atoms with Crippen LogP contribution in [0.1, 0.15) is 23.1 Å². The first-order chi connectivity index (χ1) is 14.5. The molecule has 0 N–H and O–H groups in total. The van der Waals surface area contributed by atoms with Crippen molar-refractivity contribution in [2.75, 3.05) is 12.4 Å². The van der Waals surface area contributed by atoms with Gasteiger partial charge in [-0.05, 0) is 49.1 Å². The fourth-order valence-corrected chi connectivity index (χ4v) is 5.07. The molecule has 1 fully saturated rings. The summed E-state index contributed by atoms with van der Waals surface area (Å²) in [5.74, 6) is 0.227. The predicted molar refractivity (Wildman–Crippen MR) is 122 cm³/mol. The summed E-state index contributed by atoms with van der Waals surface area (Å²) in [5, 5.41) is 0.754. The standard InChI is InChI=1S/C24H27ClN2O2S/c1-18-4-3-5-19(2)23(18)30-15-22-14-28-24(29-22,16-27-13-12-26-17-27)11-10-20-6-8-21(25)9-7-20/h3-9,12-13,17,22H,10-11,14-16H2,1-2H3. The third-order valence-corrected chi connectivity index (χ3v) is 7.15. The lowest BCUT2D eigenvalue weighted by atomic mass is 10.0. The zero-order valence-corrected chi connectivity index (χ0v) is 19.0. The lowest BCUT2D eigenvalue weighted by Crippen LogP contribution is -2.37. The minimum absolute atomic E-state index is 0.0581. The van der Waals surface area contributed by atoms with Crippen molar-refractivity contribution in [2.45, 2.75) is 50.0 Å². The molecule has 4 rings (SSSR count). The van der Waals surface area contributed by atoms with Crippen molar-refractivity contribution in [2.24, 2.45) is 0 Å². The molecule has 1 saturated heterocycles. The Kier molecular flexibility index (Phi) is 6.84. The predicted octanol–water partition coefficient (Wildman–Crippen LogP) is 5.69. The molecule has 2 aromatic carbocycles. The van der Waals surface area contributed by atoms with Crippen molar-refractivity contribution in [3.8, 4) is 0 Å². The van der Waals surface area contributed by atoms with E-state index in [1.54, 1.807) is 6.20 Å². The zero-order chi connectivity index (χ0) is 21.0. The maximum absolute atomic E-state index is 6.55. The Morgan fingerprint density at radius 1 is 1.17 bits per heavy atom. The molecule has 0 spiro atoms. The first kappa shape index (κ1) is 21.4. The molecule has 1 aromatic heterocycles. The summed E-state index contributed by atoms with van der Waals surface area (Å²) in [4.78, 5) is 5.51. The van der Waals surface area contributed by atoms with E-state index in [-0.39, 0.29) is 6.10 Å². The van der Waals surface area contributed by atoms with Gasteiger partial charge in [0.1, 0.15) is 0 Å². The van der Waals surface area contributed by atoms with Gasteiger partial charge in [-0.2, -0.15) is 0 Å². The molecule has 1 aliphatic heterocycles. The van der Waals surface area contributed by atoms with E-state index in [0.29, 0.717) is 13.2 Å². The molecule has 2 unspecified atom stereocenters. The van der Waals surface area contributed by atoms with Crippen LogP contribution in [-0.2, 0) is 22.4 Å². The zero-order valence-electron chi connectivity index (χ0n) is 17.4. The lowest BCUT2D eigenvalue weighted by molar-refractivity contribution is -0.180. The van der Waals surface area contributed by atoms with Gasteiger partial charge in [0.15, 0.2) is 5.79 Å². The number of benzene rings is 2. The van der Waals surface area contributed by atoms with Crippen molar-refractivity contribution >= 4 is 23.4 Å². The second-order valence-corrected chi connectivity index (χ2v) is 9.32. The number of halogens is 1. The number of thioether (sulfide) groups is 1. The number of aromatic nitrogens is 2. The van der Waals surface area contributed by atoms with E-state index >= 15 is 0 Å². The van der Waals surface area contributed by atoms with Crippen LogP contribution in [0, 0.1) is 13.8 Å². The van der Waals surface area contributed by atoms with Crippen LogP contribution in [0.3, 0.4) is 0 Å². The van der Waals surface area contributed by atoms with Gasteiger partial charge in [0, 0.05) is 34.5 Å². The first-order valence-corrected chi connectivity index (χ1v) is 11.6. The third kappa shape index (κ3) is 5.27. The summed E-state index contributed by atoms with van der Waals surface area (Å²) in [6.07, 6.45) is 7.25. The average Bonchev–Trinajstić information content (AvgIpc) is 3.38. The van der Waals surface area contributed by atoms with E-state index in [1.165, 1.54) is 21.6 Å². The van der Waals surface area contributed by atoms with Gasteiger partial charge in [-0.15, -0.1) is 11.8 Å². The molecule has 2 atom stereocenters. The SMILES string of the molecule is Cc1cccc(C)c1SCC1COC(CCc2ccc(Cl)cc2)(Cn2ccnc2)O1. The summed E-state index contributed by atoms with van der Waals surface area (Å²) in [5.41, 5.74) is 3.85. The topological polar surface area (TPSA) is 36.3 Å². The van der Waals surface area contributed by atoms with E-state index in [1.807, 2.05) is 41.0 Å². The van der Waals surface area contributed by atoms with E-state index in [2.05, 4.69) is 49.2 Å². The van der Waals surface area contributed by atoms with Gasteiger partial charge >= 0.3 is 0 Å².